The highest BCUT2D eigenvalue weighted by Crippen LogP contribution is 2.24. The van der Waals surface area contributed by atoms with Crippen LogP contribution in [0.5, 0.6) is 0 Å². The Bertz CT molecular complexity index is 826. The van der Waals surface area contributed by atoms with Gasteiger partial charge in [0.05, 0.1) is 0 Å². The van der Waals surface area contributed by atoms with Crippen molar-refractivity contribution in [1.29, 1.82) is 5.41 Å². The Morgan fingerprint density at radius 3 is 2.60 bits per heavy atom. The largest absolute Gasteiger partial charge is 0.384 e. The van der Waals surface area contributed by atoms with Crippen molar-refractivity contribution < 1.29 is 13.9 Å². The van der Waals surface area contributed by atoms with Crippen LogP contribution < -0.4 is 11.1 Å². The monoisotopic (exact) mass is 339 g/mol. The number of amidine groups is 1. The summed E-state index contributed by atoms with van der Waals surface area (Å²) in [6.07, 6.45) is 4.23. The predicted molar refractivity (Wildman–Crippen MR) is 93.4 cm³/mol. The Labute approximate surface area is 145 Å². The van der Waals surface area contributed by atoms with E-state index in [1.165, 1.54) is 19.2 Å². The van der Waals surface area contributed by atoms with Crippen molar-refractivity contribution in [2.45, 2.75) is 12.6 Å². The summed E-state index contributed by atoms with van der Waals surface area (Å²) in [5, 5.41) is 10.0. The lowest BCUT2D eigenvalue weighted by Crippen LogP contribution is -2.31. The number of hydrogen-bond donors (Lipinski definition) is 3. The van der Waals surface area contributed by atoms with Crippen LogP contribution in [0.1, 0.15) is 28.4 Å². The lowest BCUT2D eigenvalue weighted by atomic mass is 10.0. The lowest BCUT2D eigenvalue weighted by molar-refractivity contribution is -0.131. The van der Waals surface area contributed by atoms with Gasteiger partial charge in [0.1, 0.15) is 11.7 Å². The summed E-state index contributed by atoms with van der Waals surface area (Å²) in [5.74, 6) is 1.24. The minimum absolute atomic E-state index is 0.0311. The van der Waals surface area contributed by atoms with Crippen molar-refractivity contribution in [2.24, 2.45) is 5.73 Å². The molecule has 0 aliphatic rings. The van der Waals surface area contributed by atoms with E-state index in [1.807, 2.05) is 0 Å². The molecule has 1 atom stereocenters. The van der Waals surface area contributed by atoms with Crippen molar-refractivity contribution in [3.05, 3.63) is 70.5 Å². The van der Waals surface area contributed by atoms with E-state index in [-0.39, 0.29) is 23.5 Å². The Kier molecular flexibility index (Phi) is 5.88. The Morgan fingerprint density at radius 2 is 2.04 bits per heavy atom. The number of nitrogens with one attached hydrogen (secondary N) is 2. The summed E-state index contributed by atoms with van der Waals surface area (Å²) >= 11 is 0. The van der Waals surface area contributed by atoms with Crippen molar-refractivity contribution in [3.8, 4) is 12.3 Å². The predicted octanol–water partition coefficient (Wildman–Crippen LogP) is 2.09. The number of nitrogen functional groups attached to an aromatic ring is 1. The van der Waals surface area contributed by atoms with Crippen LogP contribution in [0.25, 0.3) is 0 Å². The van der Waals surface area contributed by atoms with E-state index >= 15 is 0 Å². The van der Waals surface area contributed by atoms with Gasteiger partial charge in [-0.3, -0.25) is 10.2 Å². The smallest absolute Gasteiger partial charge is 0.254 e. The maximum atomic E-state index is 14.1. The van der Waals surface area contributed by atoms with Crippen molar-refractivity contribution >= 4 is 11.7 Å². The lowest BCUT2D eigenvalue weighted by Gasteiger charge is -2.18. The maximum absolute atomic E-state index is 14.1. The molecule has 25 heavy (non-hydrogen) atoms. The van der Waals surface area contributed by atoms with Gasteiger partial charge in [-0.2, -0.15) is 0 Å². The highest BCUT2D eigenvalue weighted by molar-refractivity contribution is 5.94. The first kappa shape index (κ1) is 18.2. The normalized spacial score (nSPS) is 11.4. The number of amides is 1. The molecule has 0 saturated heterocycles. The van der Waals surface area contributed by atoms with Gasteiger partial charge in [-0.15, -0.1) is 6.42 Å². The van der Waals surface area contributed by atoms with Crippen LogP contribution >= 0.6 is 0 Å². The average molecular weight is 339 g/mol. The van der Waals surface area contributed by atoms with Gasteiger partial charge in [-0.1, -0.05) is 36.3 Å². The highest BCUT2D eigenvalue weighted by Gasteiger charge is 2.25. The van der Waals surface area contributed by atoms with Crippen LogP contribution in [0.3, 0.4) is 0 Å². The second-order valence-electron chi connectivity index (χ2n) is 5.29. The van der Waals surface area contributed by atoms with Gasteiger partial charge in [0.2, 0.25) is 0 Å². The van der Waals surface area contributed by atoms with E-state index in [0.717, 1.165) is 5.56 Å². The van der Waals surface area contributed by atoms with E-state index < -0.39 is 17.8 Å². The van der Waals surface area contributed by atoms with Crippen LogP contribution in [-0.2, 0) is 16.1 Å². The zero-order valence-electron chi connectivity index (χ0n) is 13.7. The van der Waals surface area contributed by atoms with Gasteiger partial charge in [0, 0.05) is 30.3 Å². The van der Waals surface area contributed by atoms with Gasteiger partial charge in [0.15, 0.2) is 6.10 Å². The SMILES string of the molecule is C#Cc1cccc(F)c1C(OC)C(=O)NCc1ccc(C(=N)N)cc1. The molecule has 2 rings (SSSR count). The van der Waals surface area contributed by atoms with Gasteiger partial charge < -0.3 is 15.8 Å². The molecule has 1 amide bonds. The number of terminal acetylenes is 1. The second kappa shape index (κ2) is 8.08. The molecule has 0 aromatic heterocycles. The molecule has 0 aliphatic carbocycles. The zero-order chi connectivity index (χ0) is 18.4. The summed E-state index contributed by atoms with van der Waals surface area (Å²) in [5.41, 5.74) is 7.10. The summed E-state index contributed by atoms with van der Waals surface area (Å²) in [6.45, 7) is 0.219. The van der Waals surface area contributed by atoms with E-state index in [1.54, 1.807) is 30.3 Å². The molecule has 0 saturated carbocycles. The van der Waals surface area contributed by atoms with Crippen molar-refractivity contribution in [1.82, 2.24) is 5.32 Å². The van der Waals surface area contributed by atoms with Gasteiger partial charge >= 0.3 is 0 Å². The fourth-order valence-corrected chi connectivity index (χ4v) is 2.37. The summed E-state index contributed by atoms with van der Waals surface area (Å²) in [4.78, 5) is 12.4. The van der Waals surface area contributed by atoms with Crippen LogP contribution in [0, 0.1) is 23.6 Å². The third-order valence-corrected chi connectivity index (χ3v) is 3.68. The van der Waals surface area contributed by atoms with Crippen molar-refractivity contribution in [2.75, 3.05) is 7.11 Å². The summed E-state index contributed by atoms with van der Waals surface area (Å²) in [6, 6.07) is 11.1. The molecule has 2 aromatic carbocycles. The number of carbonyl (C=O) groups excluding carboxylic acids is 1. The average Bonchev–Trinajstić information content (AvgIpc) is 2.62. The molecule has 6 heteroatoms. The van der Waals surface area contributed by atoms with Crippen molar-refractivity contribution in [3.63, 3.8) is 0 Å². The third-order valence-electron chi connectivity index (χ3n) is 3.68. The quantitative estimate of drug-likeness (QED) is 0.428. The standard InChI is InChI=1S/C19H18FN3O2/c1-3-13-5-4-6-15(20)16(13)17(25-2)19(24)23-11-12-7-9-14(10-8-12)18(21)22/h1,4-10,17H,11H2,2H3,(H3,21,22)(H,23,24). The molecule has 1 unspecified atom stereocenters. The number of benzene rings is 2. The minimum atomic E-state index is -1.15. The van der Waals surface area contributed by atoms with Gasteiger partial charge in [0.25, 0.3) is 5.91 Å². The van der Waals surface area contributed by atoms with E-state index in [2.05, 4.69) is 11.2 Å². The molecule has 0 heterocycles. The van der Waals surface area contributed by atoms with Gasteiger partial charge in [-0.25, -0.2) is 4.39 Å². The van der Waals surface area contributed by atoms with Crippen LogP contribution in [0.4, 0.5) is 4.39 Å². The summed E-state index contributed by atoms with van der Waals surface area (Å²) in [7, 11) is 1.32. The highest BCUT2D eigenvalue weighted by atomic mass is 19.1. The first-order chi connectivity index (χ1) is 12.0. The second-order valence-corrected chi connectivity index (χ2v) is 5.29. The molecule has 0 spiro atoms. The number of ether oxygens (including phenoxy) is 1. The number of halogens is 1. The molecule has 0 bridgehead atoms. The molecular formula is C19H18FN3O2. The number of rotatable bonds is 6. The minimum Gasteiger partial charge on any atom is -0.384 e. The van der Waals surface area contributed by atoms with Crippen LogP contribution in [-0.4, -0.2) is 18.9 Å². The molecule has 0 aliphatic heterocycles. The first-order valence-corrected chi connectivity index (χ1v) is 7.46. The Balaban J connectivity index is 2.13. The van der Waals surface area contributed by atoms with Crippen LogP contribution in [0.2, 0.25) is 0 Å². The maximum Gasteiger partial charge on any atom is 0.254 e. The number of carbonyl (C=O) groups is 1. The fraction of sp³-hybridized carbons (Fsp3) is 0.158. The first-order valence-electron chi connectivity index (χ1n) is 7.46. The number of methoxy groups -OCH3 is 1. The molecule has 4 N–H and O–H groups in total. The van der Waals surface area contributed by atoms with Gasteiger partial charge in [-0.05, 0) is 17.7 Å². The Morgan fingerprint density at radius 1 is 1.36 bits per heavy atom. The molecular weight excluding hydrogens is 321 g/mol. The molecule has 0 fully saturated rings. The molecule has 5 nitrogen and oxygen atoms in total. The molecule has 2 aromatic rings. The topological polar surface area (TPSA) is 88.2 Å². The van der Waals surface area contributed by atoms with Crippen LogP contribution in [0.15, 0.2) is 42.5 Å². The van der Waals surface area contributed by atoms with E-state index in [4.69, 9.17) is 22.3 Å². The van der Waals surface area contributed by atoms with E-state index in [0.29, 0.717) is 5.56 Å². The fourth-order valence-electron chi connectivity index (χ4n) is 2.37. The van der Waals surface area contributed by atoms with E-state index in [9.17, 15) is 9.18 Å². The molecule has 128 valence electrons. The third kappa shape index (κ3) is 4.22. The summed E-state index contributed by atoms with van der Waals surface area (Å²) < 4.78 is 19.3. The zero-order valence-corrected chi connectivity index (χ0v) is 13.7. The number of hydrogen-bond acceptors (Lipinski definition) is 3. The molecule has 0 radical (unpaired) electrons. The number of nitrogens with two attached hydrogens (primary N) is 1. The Hall–Kier alpha value is -3.17.